The van der Waals surface area contributed by atoms with Crippen LogP contribution in [0.3, 0.4) is 0 Å². The Morgan fingerprint density at radius 3 is 2.63 bits per heavy atom. The van der Waals surface area contributed by atoms with Gasteiger partial charge in [-0.25, -0.2) is 0 Å². The Morgan fingerprint density at radius 2 is 1.89 bits per heavy atom. The largest absolute Gasteiger partial charge is 0.384 e. The van der Waals surface area contributed by atoms with E-state index < -0.39 is 0 Å². The molecule has 0 saturated carbocycles. The number of benzene rings is 2. The number of thioether (sulfide) groups is 1. The second-order valence-corrected chi connectivity index (χ2v) is 6.62. The molecule has 2 aromatic rings. The van der Waals surface area contributed by atoms with Crippen molar-refractivity contribution in [3.63, 3.8) is 0 Å². The molecule has 0 bridgehead atoms. The fraction of sp³-hybridized carbons (Fsp3) is 0.250. The molecule has 0 saturated heterocycles. The first-order chi connectivity index (χ1) is 9.15. The number of hydrogen-bond donors (Lipinski definition) is 1. The quantitative estimate of drug-likeness (QED) is 0.590. The Hall–Kier alpha value is -0.930. The first kappa shape index (κ1) is 14.5. The predicted octanol–water partition coefficient (Wildman–Crippen LogP) is 5.27. The number of rotatable bonds is 5. The van der Waals surface area contributed by atoms with Crippen molar-refractivity contribution < 1.29 is 0 Å². The molecule has 2 aromatic carbocycles. The molecular weight excluding hydrogens is 318 g/mol. The molecule has 0 unspecified atom stereocenters. The van der Waals surface area contributed by atoms with Crippen molar-refractivity contribution >= 4 is 33.4 Å². The summed E-state index contributed by atoms with van der Waals surface area (Å²) >= 11 is 5.37. The maximum absolute atomic E-state index is 3.48. The van der Waals surface area contributed by atoms with E-state index in [9.17, 15) is 0 Å². The van der Waals surface area contributed by atoms with E-state index >= 15 is 0 Å². The summed E-state index contributed by atoms with van der Waals surface area (Å²) in [6.45, 7) is 5.28. The average molecular weight is 336 g/mol. The van der Waals surface area contributed by atoms with Crippen LogP contribution in [0.1, 0.15) is 11.1 Å². The Morgan fingerprint density at radius 1 is 1.05 bits per heavy atom. The highest BCUT2D eigenvalue weighted by Gasteiger charge is 1.98. The highest BCUT2D eigenvalue weighted by atomic mass is 79.9. The minimum atomic E-state index is 0.966. The van der Waals surface area contributed by atoms with Crippen molar-refractivity contribution in [3.8, 4) is 0 Å². The molecule has 0 atom stereocenters. The van der Waals surface area contributed by atoms with Crippen LogP contribution in [0.15, 0.2) is 51.8 Å². The minimum absolute atomic E-state index is 0.966. The molecule has 0 spiro atoms. The molecule has 0 heterocycles. The zero-order chi connectivity index (χ0) is 13.7. The van der Waals surface area contributed by atoms with Crippen molar-refractivity contribution in [1.82, 2.24) is 0 Å². The van der Waals surface area contributed by atoms with Crippen molar-refractivity contribution in [1.29, 1.82) is 0 Å². The fourth-order valence-corrected chi connectivity index (χ4v) is 3.03. The maximum atomic E-state index is 3.48. The molecule has 0 aliphatic carbocycles. The Labute approximate surface area is 127 Å². The SMILES string of the molecule is Cc1ccc(SCCNc2cccc(Br)c2)cc1C. The lowest BCUT2D eigenvalue weighted by atomic mass is 10.1. The van der Waals surface area contributed by atoms with Crippen LogP contribution in [-0.2, 0) is 0 Å². The van der Waals surface area contributed by atoms with E-state index in [1.807, 2.05) is 23.9 Å². The van der Waals surface area contributed by atoms with Gasteiger partial charge in [-0.15, -0.1) is 11.8 Å². The minimum Gasteiger partial charge on any atom is -0.384 e. The van der Waals surface area contributed by atoms with E-state index in [1.165, 1.54) is 16.0 Å². The Bertz CT molecular complexity index is 554. The molecule has 0 amide bonds. The molecule has 19 heavy (non-hydrogen) atoms. The predicted molar refractivity (Wildman–Crippen MR) is 89.3 cm³/mol. The molecule has 2 rings (SSSR count). The molecular formula is C16H18BrNS. The van der Waals surface area contributed by atoms with Gasteiger partial charge in [-0.3, -0.25) is 0 Å². The van der Waals surface area contributed by atoms with Crippen LogP contribution in [0.4, 0.5) is 5.69 Å². The Balaban J connectivity index is 1.79. The average Bonchev–Trinajstić information content (AvgIpc) is 2.39. The standard InChI is InChI=1S/C16H18BrNS/c1-12-6-7-16(10-13(12)2)19-9-8-18-15-5-3-4-14(17)11-15/h3-7,10-11,18H,8-9H2,1-2H3. The highest BCUT2D eigenvalue weighted by molar-refractivity contribution is 9.10. The van der Waals surface area contributed by atoms with E-state index in [-0.39, 0.29) is 0 Å². The summed E-state index contributed by atoms with van der Waals surface area (Å²) in [5, 5.41) is 3.43. The highest BCUT2D eigenvalue weighted by Crippen LogP contribution is 2.21. The van der Waals surface area contributed by atoms with Gasteiger partial charge in [0.1, 0.15) is 0 Å². The van der Waals surface area contributed by atoms with Gasteiger partial charge in [-0.2, -0.15) is 0 Å². The zero-order valence-electron chi connectivity index (χ0n) is 11.2. The summed E-state index contributed by atoms with van der Waals surface area (Å²) in [4.78, 5) is 1.35. The molecule has 3 heteroatoms. The zero-order valence-corrected chi connectivity index (χ0v) is 13.6. The molecule has 0 aromatic heterocycles. The molecule has 0 radical (unpaired) electrons. The van der Waals surface area contributed by atoms with Gasteiger partial charge in [0, 0.05) is 27.4 Å². The lowest BCUT2D eigenvalue weighted by Crippen LogP contribution is -2.03. The summed E-state index contributed by atoms with van der Waals surface area (Å²) in [6.07, 6.45) is 0. The smallest absolute Gasteiger partial charge is 0.0351 e. The molecule has 0 aliphatic rings. The summed E-state index contributed by atoms with van der Waals surface area (Å²) in [5.74, 6) is 1.06. The summed E-state index contributed by atoms with van der Waals surface area (Å²) < 4.78 is 1.11. The van der Waals surface area contributed by atoms with Gasteiger partial charge < -0.3 is 5.32 Å². The van der Waals surface area contributed by atoms with Crippen LogP contribution >= 0.6 is 27.7 Å². The molecule has 0 aliphatic heterocycles. The van der Waals surface area contributed by atoms with Gasteiger partial charge in [0.2, 0.25) is 0 Å². The van der Waals surface area contributed by atoms with Crippen LogP contribution in [0.2, 0.25) is 0 Å². The lowest BCUT2D eigenvalue weighted by Gasteiger charge is -2.08. The maximum Gasteiger partial charge on any atom is 0.0351 e. The van der Waals surface area contributed by atoms with E-state index in [4.69, 9.17) is 0 Å². The van der Waals surface area contributed by atoms with Crippen LogP contribution in [0.5, 0.6) is 0 Å². The van der Waals surface area contributed by atoms with Gasteiger partial charge in [0.25, 0.3) is 0 Å². The van der Waals surface area contributed by atoms with Gasteiger partial charge in [-0.05, 0) is 55.3 Å². The first-order valence-corrected chi connectivity index (χ1v) is 8.12. The van der Waals surface area contributed by atoms with Crippen molar-refractivity contribution in [2.75, 3.05) is 17.6 Å². The number of halogens is 1. The van der Waals surface area contributed by atoms with Crippen molar-refractivity contribution in [3.05, 3.63) is 58.1 Å². The van der Waals surface area contributed by atoms with E-state index in [2.05, 4.69) is 65.4 Å². The molecule has 100 valence electrons. The van der Waals surface area contributed by atoms with Crippen molar-refractivity contribution in [2.24, 2.45) is 0 Å². The number of nitrogens with one attached hydrogen (secondary N) is 1. The van der Waals surface area contributed by atoms with Gasteiger partial charge in [-0.1, -0.05) is 28.1 Å². The molecule has 1 nitrogen and oxygen atoms in total. The second-order valence-electron chi connectivity index (χ2n) is 4.53. The van der Waals surface area contributed by atoms with Gasteiger partial charge >= 0.3 is 0 Å². The fourth-order valence-electron chi connectivity index (χ4n) is 1.77. The second kappa shape index (κ2) is 7.01. The van der Waals surface area contributed by atoms with Crippen LogP contribution < -0.4 is 5.32 Å². The van der Waals surface area contributed by atoms with Crippen LogP contribution in [0.25, 0.3) is 0 Å². The Kier molecular flexibility index (Phi) is 5.34. The third kappa shape index (κ3) is 4.59. The van der Waals surface area contributed by atoms with E-state index in [1.54, 1.807) is 0 Å². The normalized spacial score (nSPS) is 10.5. The first-order valence-electron chi connectivity index (χ1n) is 6.34. The summed E-state index contributed by atoms with van der Waals surface area (Å²) in [5.41, 5.74) is 3.89. The molecule has 1 N–H and O–H groups in total. The lowest BCUT2D eigenvalue weighted by molar-refractivity contribution is 1.22. The number of hydrogen-bond acceptors (Lipinski definition) is 2. The van der Waals surface area contributed by atoms with Gasteiger partial charge in [0.15, 0.2) is 0 Å². The van der Waals surface area contributed by atoms with Crippen LogP contribution in [0, 0.1) is 13.8 Å². The van der Waals surface area contributed by atoms with Crippen molar-refractivity contribution in [2.45, 2.75) is 18.7 Å². The topological polar surface area (TPSA) is 12.0 Å². The summed E-state index contributed by atoms with van der Waals surface area (Å²) in [6, 6.07) is 14.9. The number of anilines is 1. The monoisotopic (exact) mass is 335 g/mol. The van der Waals surface area contributed by atoms with E-state index in [0.29, 0.717) is 0 Å². The molecule has 0 fully saturated rings. The van der Waals surface area contributed by atoms with Crippen LogP contribution in [-0.4, -0.2) is 12.3 Å². The van der Waals surface area contributed by atoms with E-state index in [0.717, 1.165) is 22.5 Å². The van der Waals surface area contributed by atoms with Gasteiger partial charge in [0.05, 0.1) is 0 Å². The third-order valence-electron chi connectivity index (χ3n) is 3.00. The summed E-state index contributed by atoms with van der Waals surface area (Å²) in [7, 11) is 0. The number of aryl methyl sites for hydroxylation is 2. The third-order valence-corrected chi connectivity index (χ3v) is 4.49.